The molecule has 0 aliphatic carbocycles. The zero-order valence-corrected chi connectivity index (χ0v) is 11.8. The standard InChI is InChI=1S/C13H18Cl2N2/c1-13(2)9-17(7-3-6-16-13)12-5-4-10(14)8-11(12)15/h4-5,8,16H,3,6-7,9H2,1-2H3. The molecule has 0 amide bonds. The van der Waals surface area contributed by atoms with Gasteiger partial charge in [0.2, 0.25) is 0 Å². The van der Waals surface area contributed by atoms with Gasteiger partial charge in [0.25, 0.3) is 0 Å². The van der Waals surface area contributed by atoms with Gasteiger partial charge in [0.15, 0.2) is 0 Å². The van der Waals surface area contributed by atoms with Crippen LogP contribution in [0.25, 0.3) is 0 Å². The second-order valence-corrected chi connectivity index (χ2v) is 6.03. The van der Waals surface area contributed by atoms with Gasteiger partial charge in [-0.25, -0.2) is 0 Å². The first kappa shape index (κ1) is 13.0. The molecule has 0 atom stereocenters. The minimum atomic E-state index is 0.111. The van der Waals surface area contributed by atoms with Crippen LogP contribution in [0.3, 0.4) is 0 Å². The van der Waals surface area contributed by atoms with Gasteiger partial charge >= 0.3 is 0 Å². The number of hydrogen-bond acceptors (Lipinski definition) is 2. The van der Waals surface area contributed by atoms with E-state index in [1.807, 2.05) is 18.2 Å². The summed E-state index contributed by atoms with van der Waals surface area (Å²) in [4.78, 5) is 2.33. The van der Waals surface area contributed by atoms with Crippen molar-refractivity contribution in [2.75, 3.05) is 24.5 Å². The van der Waals surface area contributed by atoms with Crippen LogP contribution in [0.5, 0.6) is 0 Å². The van der Waals surface area contributed by atoms with Gasteiger partial charge in [0.1, 0.15) is 0 Å². The molecule has 0 bridgehead atoms. The Labute approximate surface area is 113 Å². The van der Waals surface area contributed by atoms with Crippen LogP contribution in [-0.4, -0.2) is 25.2 Å². The molecule has 1 aromatic carbocycles. The van der Waals surface area contributed by atoms with Crippen molar-refractivity contribution in [1.29, 1.82) is 0 Å². The van der Waals surface area contributed by atoms with Crippen molar-refractivity contribution in [1.82, 2.24) is 5.32 Å². The first-order valence-corrected chi connectivity index (χ1v) is 6.69. The molecule has 4 heteroatoms. The molecule has 1 heterocycles. The lowest BCUT2D eigenvalue weighted by molar-refractivity contribution is 0.416. The van der Waals surface area contributed by atoms with E-state index >= 15 is 0 Å². The molecule has 2 rings (SSSR count). The van der Waals surface area contributed by atoms with Crippen molar-refractivity contribution >= 4 is 28.9 Å². The topological polar surface area (TPSA) is 15.3 Å². The minimum absolute atomic E-state index is 0.111. The molecule has 1 saturated heterocycles. The third-order valence-electron chi connectivity index (χ3n) is 3.04. The normalized spacial score (nSPS) is 20.1. The lowest BCUT2D eigenvalue weighted by Gasteiger charge is -2.32. The quantitative estimate of drug-likeness (QED) is 0.841. The Morgan fingerprint density at radius 3 is 2.76 bits per heavy atom. The van der Waals surface area contributed by atoms with Crippen molar-refractivity contribution in [3.8, 4) is 0 Å². The minimum Gasteiger partial charge on any atom is -0.368 e. The number of hydrogen-bond donors (Lipinski definition) is 1. The van der Waals surface area contributed by atoms with E-state index in [0.29, 0.717) is 5.02 Å². The van der Waals surface area contributed by atoms with Crippen LogP contribution >= 0.6 is 23.2 Å². The van der Waals surface area contributed by atoms with Crippen molar-refractivity contribution in [3.05, 3.63) is 28.2 Å². The Morgan fingerprint density at radius 1 is 1.29 bits per heavy atom. The summed E-state index contributed by atoms with van der Waals surface area (Å²) in [6.45, 7) is 7.46. The number of halogens is 2. The molecule has 1 aliphatic heterocycles. The van der Waals surface area contributed by atoms with Crippen LogP contribution < -0.4 is 10.2 Å². The number of nitrogens with zero attached hydrogens (tertiary/aromatic N) is 1. The fraction of sp³-hybridized carbons (Fsp3) is 0.538. The third kappa shape index (κ3) is 3.27. The van der Waals surface area contributed by atoms with E-state index in [-0.39, 0.29) is 5.54 Å². The van der Waals surface area contributed by atoms with E-state index < -0.39 is 0 Å². The third-order valence-corrected chi connectivity index (χ3v) is 3.58. The Bertz CT molecular complexity index is 404. The largest absolute Gasteiger partial charge is 0.368 e. The van der Waals surface area contributed by atoms with Gasteiger partial charge in [-0.15, -0.1) is 0 Å². The molecule has 0 saturated carbocycles. The maximum absolute atomic E-state index is 6.26. The number of anilines is 1. The van der Waals surface area contributed by atoms with Gasteiger partial charge in [-0.05, 0) is 45.0 Å². The van der Waals surface area contributed by atoms with Crippen LogP contribution in [0.15, 0.2) is 18.2 Å². The fourth-order valence-corrected chi connectivity index (χ4v) is 2.78. The predicted molar refractivity (Wildman–Crippen MR) is 75.4 cm³/mol. The highest BCUT2D eigenvalue weighted by Gasteiger charge is 2.25. The number of nitrogens with one attached hydrogen (secondary N) is 1. The van der Waals surface area contributed by atoms with Crippen LogP contribution in [0.1, 0.15) is 20.3 Å². The van der Waals surface area contributed by atoms with E-state index in [0.717, 1.165) is 36.8 Å². The zero-order valence-electron chi connectivity index (χ0n) is 10.3. The number of benzene rings is 1. The highest BCUT2D eigenvalue weighted by atomic mass is 35.5. The zero-order chi connectivity index (χ0) is 12.5. The lowest BCUT2D eigenvalue weighted by atomic mass is 10.1. The average molecular weight is 273 g/mol. The van der Waals surface area contributed by atoms with E-state index in [1.165, 1.54) is 0 Å². The van der Waals surface area contributed by atoms with Crippen molar-refractivity contribution < 1.29 is 0 Å². The molecular formula is C13H18Cl2N2. The van der Waals surface area contributed by atoms with E-state index in [9.17, 15) is 0 Å². The lowest BCUT2D eigenvalue weighted by Crippen LogP contribution is -2.46. The molecule has 0 aromatic heterocycles. The summed E-state index contributed by atoms with van der Waals surface area (Å²) in [6.07, 6.45) is 1.13. The van der Waals surface area contributed by atoms with Crippen molar-refractivity contribution in [3.63, 3.8) is 0 Å². The second kappa shape index (κ2) is 5.05. The summed E-state index contributed by atoms with van der Waals surface area (Å²) in [6, 6.07) is 5.71. The van der Waals surface area contributed by atoms with E-state index in [4.69, 9.17) is 23.2 Å². The van der Waals surface area contributed by atoms with Crippen molar-refractivity contribution in [2.45, 2.75) is 25.8 Å². The average Bonchev–Trinajstić information content (AvgIpc) is 2.39. The molecule has 2 nitrogen and oxygen atoms in total. The molecule has 17 heavy (non-hydrogen) atoms. The predicted octanol–water partition coefficient (Wildman–Crippen LogP) is 3.57. The van der Waals surface area contributed by atoms with Gasteiger partial charge in [0, 0.05) is 23.7 Å². The monoisotopic (exact) mass is 272 g/mol. The molecule has 1 aromatic rings. The number of rotatable bonds is 1. The van der Waals surface area contributed by atoms with Gasteiger partial charge < -0.3 is 10.2 Å². The second-order valence-electron chi connectivity index (χ2n) is 5.18. The Kier molecular flexibility index (Phi) is 3.86. The van der Waals surface area contributed by atoms with Crippen LogP contribution in [0, 0.1) is 0 Å². The van der Waals surface area contributed by atoms with Crippen LogP contribution in [-0.2, 0) is 0 Å². The summed E-state index contributed by atoms with van der Waals surface area (Å²) < 4.78 is 0. The summed E-state index contributed by atoms with van der Waals surface area (Å²) >= 11 is 12.2. The van der Waals surface area contributed by atoms with Gasteiger partial charge in [0.05, 0.1) is 10.7 Å². The molecule has 1 N–H and O–H groups in total. The fourth-order valence-electron chi connectivity index (χ4n) is 2.25. The Hall–Kier alpha value is -0.440. The van der Waals surface area contributed by atoms with Gasteiger partial charge in [-0.3, -0.25) is 0 Å². The van der Waals surface area contributed by atoms with Gasteiger partial charge in [-0.1, -0.05) is 23.2 Å². The van der Waals surface area contributed by atoms with Crippen molar-refractivity contribution in [2.24, 2.45) is 0 Å². The van der Waals surface area contributed by atoms with Crippen LogP contribution in [0.4, 0.5) is 5.69 Å². The molecule has 0 unspecified atom stereocenters. The highest BCUT2D eigenvalue weighted by molar-refractivity contribution is 6.36. The summed E-state index contributed by atoms with van der Waals surface area (Å²) in [5.74, 6) is 0. The van der Waals surface area contributed by atoms with Crippen LogP contribution in [0.2, 0.25) is 10.0 Å². The summed E-state index contributed by atoms with van der Waals surface area (Å²) in [7, 11) is 0. The first-order chi connectivity index (χ1) is 7.98. The molecule has 0 spiro atoms. The Balaban J connectivity index is 2.25. The maximum atomic E-state index is 6.26. The Morgan fingerprint density at radius 2 is 2.06 bits per heavy atom. The molecular weight excluding hydrogens is 255 g/mol. The summed E-state index contributed by atoms with van der Waals surface area (Å²) in [5.41, 5.74) is 1.19. The summed E-state index contributed by atoms with van der Waals surface area (Å²) in [5, 5.41) is 4.96. The first-order valence-electron chi connectivity index (χ1n) is 5.93. The maximum Gasteiger partial charge on any atom is 0.0654 e. The molecule has 1 aliphatic rings. The highest BCUT2D eigenvalue weighted by Crippen LogP contribution is 2.30. The van der Waals surface area contributed by atoms with E-state index in [2.05, 4.69) is 24.1 Å². The molecule has 94 valence electrons. The van der Waals surface area contributed by atoms with E-state index in [1.54, 1.807) is 0 Å². The molecule has 0 radical (unpaired) electrons. The smallest absolute Gasteiger partial charge is 0.0654 e. The molecule has 1 fully saturated rings. The van der Waals surface area contributed by atoms with Gasteiger partial charge in [-0.2, -0.15) is 0 Å². The SMILES string of the molecule is CC1(C)CN(c2ccc(Cl)cc2Cl)CCCN1.